The van der Waals surface area contributed by atoms with E-state index < -0.39 is 0 Å². The highest BCUT2D eigenvalue weighted by Crippen LogP contribution is 2.22. The van der Waals surface area contributed by atoms with E-state index in [1.165, 1.54) is 0 Å². The summed E-state index contributed by atoms with van der Waals surface area (Å²) in [6.45, 7) is 4.97. The van der Waals surface area contributed by atoms with Crippen molar-refractivity contribution in [2.75, 3.05) is 30.8 Å². The van der Waals surface area contributed by atoms with Gasteiger partial charge in [-0.25, -0.2) is 0 Å². The predicted molar refractivity (Wildman–Crippen MR) is 79.5 cm³/mol. The van der Waals surface area contributed by atoms with Gasteiger partial charge >= 0.3 is 0 Å². The van der Waals surface area contributed by atoms with Gasteiger partial charge in [-0.2, -0.15) is 4.98 Å². The Morgan fingerprint density at radius 3 is 2.95 bits per heavy atom. The number of anilines is 2. The van der Waals surface area contributed by atoms with Crippen LogP contribution in [-0.2, 0) is 4.79 Å². The molecule has 0 aliphatic rings. The minimum absolute atomic E-state index is 0.0528. The van der Waals surface area contributed by atoms with E-state index in [9.17, 15) is 4.79 Å². The first-order valence-corrected chi connectivity index (χ1v) is 6.59. The van der Waals surface area contributed by atoms with Crippen molar-refractivity contribution in [3.8, 4) is 0 Å². The van der Waals surface area contributed by atoms with Crippen LogP contribution in [0.1, 0.15) is 13.8 Å². The number of hydrogen-bond donors (Lipinski definition) is 2. The lowest BCUT2D eigenvalue weighted by Crippen LogP contribution is -2.36. The average Bonchev–Trinajstić information content (AvgIpc) is 2.79. The number of amides is 1. The number of nitrogens with zero attached hydrogens (tertiary/aromatic N) is 2. The van der Waals surface area contributed by atoms with E-state index in [1.54, 1.807) is 30.1 Å². The lowest BCUT2D eigenvalue weighted by atomic mass is 10.2. The molecule has 1 aromatic carbocycles. The Labute approximate surface area is 117 Å². The SMILES string of the molecule is CC(C)CNC(=O)CN(C)c1nc2cc(N)ccc2o1. The zero-order valence-corrected chi connectivity index (χ0v) is 12.0. The van der Waals surface area contributed by atoms with E-state index >= 15 is 0 Å². The minimum Gasteiger partial charge on any atom is -0.423 e. The maximum absolute atomic E-state index is 11.8. The van der Waals surface area contributed by atoms with Crippen molar-refractivity contribution in [2.24, 2.45) is 5.92 Å². The molecule has 0 aliphatic carbocycles. The summed E-state index contributed by atoms with van der Waals surface area (Å²) in [5.74, 6) is 0.375. The molecule has 2 rings (SSSR count). The highest BCUT2D eigenvalue weighted by molar-refractivity contribution is 5.82. The monoisotopic (exact) mass is 276 g/mol. The lowest BCUT2D eigenvalue weighted by Gasteiger charge is -2.14. The number of hydrogen-bond acceptors (Lipinski definition) is 5. The van der Waals surface area contributed by atoms with Crippen molar-refractivity contribution < 1.29 is 9.21 Å². The van der Waals surface area contributed by atoms with Crippen LogP contribution in [0.5, 0.6) is 0 Å². The second-order valence-electron chi connectivity index (χ2n) is 5.28. The zero-order valence-electron chi connectivity index (χ0n) is 12.0. The lowest BCUT2D eigenvalue weighted by molar-refractivity contribution is -0.119. The van der Waals surface area contributed by atoms with Crippen LogP contribution < -0.4 is 16.0 Å². The van der Waals surface area contributed by atoms with Gasteiger partial charge < -0.3 is 20.4 Å². The maximum Gasteiger partial charge on any atom is 0.298 e. The average molecular weight is 276 g/mol. The van der Waals surface area contributed by atoms with Crippen LogP contribution in [0.15, 0.2) is 22.6 Å². The van der Waals surface area contributed by atoms with Gasteiger partial charge in [-0.1, -0.05) is 13.8 Å². The molecule has 0 unspecified atom stereocenters. The van der Waals surface area contributed by atoms with Crippen LogP contribution in [-0.4, -0.2) is 31.0 Å². The summed E-state index contributed by atoms with van der Waals surface area (Å²) in [5, 5.41) is 2.86. The molecule has 108 valence electrons. The van der Waals surface area contributed by atoms with Gasteiger partial charge in [0.15, 0.2) is 5.58 Å². The van der Waals surface area contributed by atoms with Gasteiger partial charge in [0.25, 0.3) is 6.01 Å². The van der Waals surface area contributed by atoms with Crippen LogP contribution in [0.25, 0.3) is 11.1 Å². The normalized spacial score (nSPS) is 11.0. The molecule has 20 heavy (non-hydrogen) atoms. The summed E-state index contributed by atoms with van der Waals surface area (Å²) in [6.07, 6.45) is 0. The van der Waals surface area contributed by atoms with Gasteiger partial charge in [-0.05, 0) is 24.1 Å². The van der Waals surface area contributed by atoms with Crippen molar-refractivity contribution in [1.29, 1.82) is 0 Å². The summed E-state index contributed by atoms with van der Waals surface area (Å²) >= 11 is 0. The molecule has 0 atom stereocenters. The molecule has 0 spiro atoms. The molecule has 6 heteroatoms. The van der Waals surface area contributed by atoms with Gasteiger partial charge in [0, 0.05) is 19.3 Å². The number of aromatic nitrogens is 1. The van der Waals surface area contributed by atoms with Crippen molar-refractivity contribution in [1.82, 2.24) is 10.3 Å². The smallest absolute Gasteiger partial charge is 0.298 e. The summed E-state index contributed by atoms with van der Waals surface area (Å²) < 4.78 is 5.59. The van der Waals surface area contributed by atoms with Gasteiger partial charge in [0.05, 0.1) is 0 Å². The standard InChI is InChI=1S/C14H20N4O2/c1-9(2)7-16-13(19)8-18(3)14-17-11-6-10(15)4-5-12(11)20-14/h4-6,9H,7-8,15H2,1-3H3,(H,16,19). The molecule has 1 heterocycles. The fraction of sp³-hybridized carbons (Fsp3) is 0.429. The number of oxazole rings is 1. The highest BCUT2D eigenvalue weighted by atomic mass is 16.4. The number of nitrogens with one attached hydrogen (secondary N) is 1. The Morgan fingerprint density at radius 1 is 1.50 bits per heavy atom. The number of likely N-dealkylation sites (N-methyl/N-ethyl adjacent to an activating group) is 1. The van der Waals surface area contributed by atoms with Crippen molar-refractivity contribution in [3.63, 3.8) is 0 Å². The van der Waals surface area contributed by atoms with Gasteiger partial charge in [-0.3, -0.25) is 4.79 Å². The Balaban J connectivity index is 2.03. The molecule has 0 saturated carbocycles. The van der Waals surface area contributed by atoms with E-state index in [1.807, 2.05) is 0 Å². The number of carbonyl (C=O) groups excluding carboxylic acids is 1. The third-order valence-corrected chi connectivity index (χ3v) is 2.82. The molecule has 0 saturated heterocycles. The van der Waals surface area contributed by atoms with Gasteiger partial charge in [-0.15, -0.1) is 0 Å². The van der Waals surface area contributed by atoms with E-state index in [2.05, 4.69) is 24.1 Å². The first-order chi connectivity index (χ1) is 9.45. The van der Waals surface area contributed by atoms with Crippen LogP contribution in [0, 0.1) is 5.92 Å². The first-order valence-electron chi connectivity index (χ1n) is 6.59. The molecule has 2 aromatic rings. The maximum atomic E-state index is 11.8. The van der Waals surface area contributed by atoms with Crippen molar-refractivity contribution in [2.45, 2.75) is 13.8 Å². The summed E-state index contributed by atoms with van der Waals surface area (Å²) in [7, 11) is 1.77. The van der Waals surface area contributed by atoms with Crippen LogP contribution in [0.3, 0.4) is 0 Å². The Kier molecular flexibility index (Phi) is 4.12. The number of nitrogen functional groups attached to an aromatic ring is 1. The molecular weight excluding hydrogens is 256 g/mol. The van der Waals surface area contributed by atoms with Crippen LogP contribution in [0.2, 0.25) is 0 Å². The predicted octanol–water partition coefficient (Wildman–Crippen LogP) is 1.62. The third-order valence-electron chi connectivity index (χ3n) is 2.82. The summed E-state index contributed by atoms with van der Waals surface area (Å²) in [6, 6.07) is 5.68. The van der Waals surface area contributed by atoms with Crippen LogP contribution in [0.4, 0.5) is 11.7 Å². The fourth-order valence-electron chi connectivity index (χ4n) is 1.75. The zero-order chi connectivity index (χ0) is 14.7. The van der Waals surface area contributed by atoms with Gasteiger partial charge in [0.1, 0.15) is 12.1 Å². The van der Waals surface area contributed by atoms with E-state index in [-0.39, 0.29) is 12.5 Å². The second-order valence-corrected chi connectivity index (χ2v) is 5.28. The molecule has 0 fully saturated rings. The molecule has 3 N–H and O–H groups in total. The molecule has 0 radical (unpaired) electrons. The molecular formula is C14H20N4O2. The Bertz CT molecular complexity index is 606. The highest BCUT2D eigenvalue weighted by Gasteiger charge is 2.13. The topological polar surface area (TPSA) is 84.4 Å². The molecule has 0 bridgehead atoms. The van der Waals surface area contributed by atoms with Crippen LogP contribution >= 0.6 is 0 Å². The fourth-order valence-corrected chi connectivity index (χ4v) is 1.75. The largest absolute Gasteiger partial charge is 0.423 e. The van der Waals surface area contributed by atoms with Crippen molar-refractivity contribution >= 4 is 28.7 Å². The van der Waals surface area contributed by atoms with Crippen molar-refractivity contribution in [3.05, 3.63) is 18.2 Å². The summed E-state index contributed by atoms with van der Waals surface area (Å²) in [4.78, 5) is 17.8. The van der Waals surface area contributed by atoms with Gasteiger partial charge in [0.2, 0.25) is 5.91 Å². The van der Waals surface area contributed by atoms with E-state index in [0.717, 1.165) is 0 Å². The molecule has 6 nitrogen and oxygen atoms in total. The Hall–Kier alpha value is -2.24. The number of rotatable bonds is 5. The van der Waals surface area contributed by atoms with E-state index in [0.29, 0.717) is 35.3 Å². The summed E-state index contributed by atoms with van der Waals surface area (Å²) in [5.41, 5.74) is 7.68. The minimum atomic E-state index is -0.0528. The Morgan fingerprint density at radius 2 is 2.25 bits per heavy atom. The molecule has 1 amide bonds. The quantitative estimate of drug-likeness (QED) is 0.811. The van der Waals surface area contributed by atoms with E-state index in [4.69, 9.17) is 10.2 Å². The third kappa shape index (κ3) is 3.40. The molecule has 0 aliphatic heterocycles. The molecule has 1 aromatic heterocycles. The first kappa shape index (κ1) is 14.2. The number of fused-ring (bicyclic) bond motifs is 1. The number of nitrogens with two attached hydrogens (primary N) is 1. The number of benzene rings is 1. The number of carbonyl (C=O) groups is 1. The second kappa shape index (κ2) is 5.81.